The van der Waals surface area contributed by atoms with Crippen LogP contribution in [0.3, 0.4) is 0 Å². The largest absolute Gasteiger partial charge is 0.497 e. The van der Waals surface area contributed by atoms with Gasteiger partial charge in [0, 0.05) is 23.5 Å². The number of nitrogens with zero attached hydrogens (tertiary/aromatic N) is 2. The number of piperidine rings is 1. The molecule has 1 aliphatic heterocycles. The first-order valence-electron chi connectivity index (χ1n) is 10.4. The number of carbonyl (C=O) groups excluding carboxylic acids is 1. The molecule has 1 N–H and O–H groups in total. The van der Waals surface area contributed by atoms with E-state index in [2.05, 4.69) is 10.3 Å². The van der Waals surface area contributed by atoms with Gasteiger partial charge in [-0.15, -0.1) is 11.3 Å². The van der Waals surface area contributed by atoms with Gasteiger partial charge < -0.3 is 10.1 Å². The molecule has 1 fully saturated rings. The Labute approximate surface area is 192 Å². The van der Waals surface area contributed by atoms with Crippen molar-refractivity contribution >= 4 is 32.4 Å². The van der Waals surface area contributed by atoms with Crippen LogP contribution >= 0.6 is 11.3 Å². The highest BCUT2D eigenvalue weighted by Crippen LogP contribution is 2.32. The van der Waals surface area contributed by atoms with Crippen LogP contribution in [0.4, 0.5) is 5.13 Å². The summed E-state index contributed by atoms with van der Waals surface area (Å²) in [5, 5.41) is 3.41. The highest BCUT2D eigenvalue weighted by molar-refractivity contribution is 7.89. The van der Waals surface area contributed by atoms with Crippen LogP contribution in [0.25, 0.3) is 11.3 Å². The summed E-state index contributed by atoms with van der Waals surface area (Å²) < 4.78 is 32.5. The predicted molar refractivity (Wildman–Crippen MR) is 125 cm³/mol. The third kappa shape index (κ3) is 4.69. The number of sulfonamides is 1. The molecule has 168 valence electrons. The van der Waals surface area contributed by atoms with E-state index in [-0.39, 0.29) is 17.3 Å². The van der Waals surface area contributed by atoms with Crippen molar-refractivity contribution in [1.82, 2.24) is 9.29 Å². The first kappa shape index (κ1) is 22.4. The van der Waals surface area contributed by atoms with Crippen molar-refractivity contribution in [3.05, 3.63) is 59.5 Å². The summed E-state index contributed by atoms with van der Waals surface area (Å²) in [5.74, 6) is 0.145. The zero-order valence-corrected chi connectivity index (χ0v) is 19.6. The maximum absolute atomic E-state index is 12.9. The zero-order valence-electron chi connectivity index (χ0n) is 17.9. The number of aromatic nitrogens is 1. The number of nitrogens with one attached hydrogen (secondary N) is 1. The highest BCUT2D eigenvalue weighted by Gasteiger charge is 2.33. The summed E-state index contributed by atoms with van der Waals surface area (Å²) >= 11 is 1.41. The van der Waals surface area contributed by atoms with Gasteiger partial charge in [0.15, 0.2) is 5.13 Å². The molecule has 2 heterocycles. The Hall–Kier alpha value is -2.75. The van der Waals surface area contributed by atoms with E-state index in [9.17, 15) is 13.2 Å². The number of aryl methyl sites for hydroxylation is 1. The first-order chi connectivity index (χ1) is 15.4. The first-order valence-corrected chi connectivity index (χ1v) is 12.6. The van der Waals surface area contributed by atoms with Crippen LogP contribution in [-0.2, 0) is 14.8 Å². The molecule has 32 heavy (non-hydrogen) atoms. The number of benzene rings is 2. The van der Waals surface area contributed by atoms with Gasteiger partial charge in [0.05, 0.1) is 23.6 Å². The Morgan fingerprint density at radius 1 is 1.16 bits per heavy atom. The van der Waals surface area contributed by atoms with Crippen molar-refractivity contribution in [3.8, 4) is 17.0 Å². The Bertz CT molecular complexity index is 1190. The SMILES string of the molecule is COc1ccc(-c2nc(NC(=O)C3CCCN(S(=O)(=O)c4ccccc4)C3)sc2C)cc1. The standard InChI is InChI=1S/C23H25N3O4S2/c1-16-21(17-10-12-19(30-2)13-11-17)24-23(31-16)25-22(27)18-7-6-14-26(15-18)32(28,29)20-8-4-3-5-9-20/h3-5,8-13,18H,6-7,14-15H2,1-2H3,(H,24,25,27). The topological polar surface area (TPSA) is 88.6 Å². The normalized spacial score (nSPS) is 17.1. The van der Waals surface area contributed by atoms with Gasteiger partial charge >= 0.3 is 0 Å². The number of hydrogen-bond acceptors (Lipinski definition) is 6. The molecule has 0 saturated carbocycles. The molecule has 1 saturated heterocycles. The second-order valence-electron chi connectivity index (χ2n) is 7.66. The number of hydrogen-bond donors (Lipinski definition) is 1. The molecule has 9 heteroatoms. The van der Waals surface area contributed by atoms with Crippen molar-refractivity contribution in [2.45, 2.75) is 24.7 Å². The molecular weight excluding hydrogens is 446 g/mol. The van der Waals surface area contributed by atoms with Crippen LogP contribution in [0.2, 0.25) is 0 Å². The summed E-state index contributed by atoms with van der Waals surface area (Å²) in [6.07, 6.45) is 1.28. The summed E-state index contributed by atoms with van der Waals surface area (Å²) in [4.78, 5) is 18.8. The lowest BCUT2D eigenvalue weighted by molar-refractivity contribution is -0.120. The lowest BCUT2D eigenvalue weighted by atomic mass is 9.99. The van der Waals surface area contributed by atoms with E-state index in [4.69, 9.17) is 4.74 Å². The van der Waals surface area contributed by atoms with Crippen LogP contribution in [0.5, 0.6) is 5.75 Å². The lowest BCUT2D eigenvalue weighted by Crippen LogP contribution is -2.43. The van der Waals surface area contributed by atoms with Crippen molar-refractivity contribution in [2.24, 2.45) is 5.92 Å². The highest BCUT2D eigenvalue weighted by atomic mass is 32.2. The molecule has 3 aromatic rings. The molecular formula is C23H25N3O4S2. The fourth-order valence-electron chi connectivity index (χ4n) is 3.79. The zero-order chi connectivity index (χ0) is 22.7. The third-order valence-electron chi connectivity index (χ3n) is 5.53. The van der Waals surface area contributed by atoms with Crippen molar-refractivity contribution in [2.75, 3.05) is 25.5 Å². The van der Waals surface area contributed by atoms with Gasteiger partial charge in [-0.25, -0.2) is 13.4 Å². The van der Waals surface area contributed by atoms with Crippen molar-refractivity contribution in [3.63, 3.8) is 0 Å². The monoisotopic (exact) mass is 471 g/mol. The second-order valence-corrected chi connectivity index (χ2v) is 10.8. The Morgan fingerprint density at radius 2 is 1.88 bits per heavy atom. The molecule has 2 aromatic carbocycles. The Morgan fingerprint density at radius 3 is 2.56 bits per heavy atom. The van der Waals surface area contributed by atoms with Gasteiger partial charge in [-0.1, -0.05) is 18.2 Å². The van der Waals surface area contributed by atoms with E-state index in [0.717, 1.165) is 21.9 Å². The van der Waals surface area contributed by atoms with E-state index in [1.165, 1.54) is 15.6 Å². The maximum atomic E-state index is 12.9. The Balaban J connectivity index is 1.46. The molecule has 1 unspecified atom stereocenters. The van der Waals surface area contributed by atoms with Crippen LogP contribution < -0.4 is 10.1 Å². The van der Waals surface area contributed by atoms with Crippen LogP contribution in [0, 0.1) is 12.8 Å². The lowest BCUT2D eigenvalue weighted by Gasteiger charge is -2.31. The third-order valence-corrected chi connectivity index (χ3v) is 8.29. The van der Waals surface area contributed by atoms with E-state index in [0.29, 0.717) is 24.5 Å². The van der Waals surface area contributed by atoms with Crippen LogP contribution in [-0.4, -0.2) is 43.8 Å². The average molecular weight is 472 g/mol. The Kier molecular flexibility index (Phi) is 6.59. The fraction of sp³-hybridized carbons (Fsp3) is 0.304. The number of ether oxygens (including phenoxy) is 1. The maximum Gasteiger partial charge on any atom is 0.243 e. The van der Waals surface area contributed by atoms with Crippen LogP contribution in [0.15, 0.2) is 59.5 Å². The summed E-state index contributed by atoms with van der Waals surface area (Å²) in [5.41, 5.74) is 1.75. The van der Waals surface area contributed by atoms with E-state index < -0.39 is 15.9 Å². The minimum Gasteiger partial charge on any atom is -0.497 e. The average Bonchev–Trinajstić information content (AvgIpc) is 3.19. The van der Waals surface area contributed by atoms with E-state index in [1.807, 2.05) is 31.2 Å². The molecule has 0 bridgehead atoms. The smallest absolute Gasteiger partial charge is 0.243 e. The number of amides is 1. The van der Waals surface area contributed by atoms with Gasteiger partial charge in [-0.2, -0.15) is 4.31 Å². The minimum absolute atomic E-state index is 0.165. The number of carbonyl (C=O) groups is 1. The van der Waals surface area contributed by atoms with Crippen LogP contribution in [0.1, 0.15) is 17.7 Å². The summed E-state index contributed by atoms with van der Waals surface area (Å²) in [6, 6.07) is 15.9. The predicted octanol–water partition coefficient (Wildman–Crippen LogP) is 4.17. The van der Waals surface area contributed by atoms with Gasteiger partial charge in [-0.3, -0.25) is 4.79 Å². The number of anilines is 1. The quantitative estimate of drug-likeness (QED) is 0.583. The van der Waals surface area contributed by atoms with Gasteiger partial charge in [0.25, 0.3) is 0 Å². The van der Waals surface area contributed by atoms with Crippen molar-refractivity contribution < 1.29 is 17.9 Å². The molecule has 4 rings (SSSR count). The molecule has 0 radical (unpaired) electrons. The summed E-state index contributed by atoms with van der Waals surface area (Å²) in [7, 11) is -2.00. The number of thiazole rings is 1. The summed E-state index contributed by atoms with van der Waals surface area (Å²) in [6.45, 7) is 2.54. The van der Waals surface area contributed by atoms with Crippen molar-refractivity contribution in [1.29, 1.82) is 0 Å². The van der Waals surface area contributed by atoms with Gasteiger partial charge in [-0.05, 0) is 56.2 Å². The molecule has 1 amide bonds. The molecule has 1 aromatic heterocycles. The molecule has 0 spiro atoms. The number of methoxy groups -OCH3 is 1. The van der Waals surface area contributed by atoms with E-state index in [1.54, 1.807) is 37.4 Å². The molecule has 1 aliphatic rings. The fourth-order valence-corrected chi connectivity index (χ4v) is 6.17. The minimum atomic E-state index is -3.62. The molecule has 0 aliphatic carbocycles. The molecule has 7 nitrogen and oxygen atoms in total. The number of rotatable bonds is 6. The van der Waals surface area contributed by atoms with Gasteiger partial charge in [0.2, 0.25) is 15.9 Å². The second kappa shape index (κ2) is 9.40. The van der Waals surface area contributed by atoms with E-state index >= 15 is 0 Å². The van der Waals surface area contributed by atoms with Gasteiger partial charge in [0.1, 0.15) is 5.75 Å². The molecule has 1 atom stereocenters.